The summed E-state index contributed by atoms with van der Waals surface area (Å²) in [5.41, 5.74) is 4.20. The molecule has 4 rings (SSSR count). The first kappa shape index (κ1) is 23.0. The van der Waals surface area contributed by atoms with Crippen LogP contribution in [0.1, 0.15) is 23.1 Å². The molecule has 0 atom stereocenters. The number of benzene rings is 2. The first-order chi connectivity index (χ1) is 16.0. The number of rotatable bonds is 8. The van der Waals surface area contributed by atoms with Gasteiger partial charge in [-0.2, -0.15) is 0 Å². The van der Waals surface area contributed by atoms with Crippen molar-refractivity contribution in [1.29, 1.82) is 0 Å². The molecule has 2 amide bonds. The maximum Gasteiger partial charge on any atom is 0.278 e. The number of imide groups is 1. The molecule has 0 unspecified atom stereocenters. The number of anilines is 1. The number of aryl methyl sites for hydroxylation is 2. The van der Waals surface area contributed by atoms with Gasteiger partial charge in [-0.25, -0.2) is 0 Å². The van der Waals surface area contributed by atoms with E-state index in [-0.39, 0.29) is 11.8 Å². The van der Waals surface area contributed by atoms with E-state index in [1.54, 1.807) is 13.2 Å². The third kappa shape index (κ3) is 5.10. The van der Waals surface area contributed by atoms with Crippen LogP contribution >= 0.6 is 0 Å². The molecule has 2 heterocycles. The summed E-state index contributed by atoms with van der Waals surface area (Å²) in [7, 11) is 1.57. The van der Waals surface area contributed by atoms with Crippen molar-refractivity contribution >= 4 is 23.1 Å². The van der Waals surface area contributed by atoms with Crippen LogP contribution < -0.4 is 10.1 Å². The topological polar surface area (TPSA) is 71.1 Å². The Hall–Kier alpha value is -3.16. The molecule has 7 nitrogen and oxygen atoms in total. The number of hydrogen-bond donors (Lipinski definition) is 1. The molecule has 0 bridgehead atoms. The van der Waals surface area contributed by atoms with E-state index in [1.165, 1.54) is 4.90 Å². The molecule has 1 saturated heterocycles. The Bertz CT molecular complexity index is 1050. The molecule has 2 aromatic rings. The van der Waals surface area contributed by atoms with Gasteiger partial charge in [-0.3, -0.25) is 19.4 Å². The second-order valence-corrected chi connectivity index (χ2v) is 8.52. The van der Waals surface area contributed by atoms with Gasteiger partial charge in [-0.05, 0) is 49.6 Å². The second-order valence-electron chi connectivity index (χ2n) is 8.52. The Kier molecular flexibility index (Phi) is 7.11. The Labute approximate surface area is 195 Å². The van der Waals surface area contributed by atoms with Gasteiger partial charge < -0.3 is 14.8 Å². The number of carbonyl (C=O) groups is 2. The minimum atomic E-state index is -0.304. The summed E-state index contributed by atoms with van der Waals surface area (Å²) in [5.74, 6) is -0.0380. The largest absolute Gasteiger partial charge is 0.496 e. The van der Waals surface area contributed by atoms with Crippen molar-refractivity contribution in [3.63, 3.8) is 0 Å². The molecule has 174 valence electrons. The van der Waals surface area contributed by atoms with E-state index in [4.69, 9.17) is 9.47 Å². The van der Waals surface area contributed by atoms with E-state index in [0.717, 1.165) is 49.7 Å². The van der Waals surface area contributed by atoms with Gasteiger partial charge in [0, 0.05) is 37.4 Å². The Morgan fingerprint density at radius 1 is 0.970 bits per heavy atom. The second kappa shape index (κ2) is 10.2. The lowest BCUT2D eigenvalue weighted by Crippen LogP contribution is -2.39. The van der Waals surface area contributed by atoms with Gasteiger partial charge in [-0.15, -0.1) is 0 Å². The van der Waals surface area contributed by atoms with Gasteiger partial charge >= 0.3 is 0 Å². The molecule has 0 saturated carbocycles. The summed E-state index contributed by atoms with van der Waals surface area (Å²) in [5, 5.41) is 3.26. The predicted octanol–water partition coefficient (Wildman–Crippen LogP) is 3.23. The van der Waals surface area contributed by atoms with Gasteiger partial charge in [0.15, 0.2) is 0 Å². The SMILES string of the molecule is COc1ccccc1C1=C(Nc2cc(C)cc(C)c2)C(=O)N(CCCN2CCOCC2)C1=O. The standard InChI is InChI=1S/C26H31N3O4/c1-18-15-19(2)17-20(16-18)27-24-23(21-7-4-5-8-22(21)32-3)25(30)29(26(24)31)10-6-9-28-11-13-33-14-12-28/h4-5,7-8,15-17,27H,6,9-14H2,1-3H3. The third-order valence-corrected chi connectivity index (χ3v) is 6.00. The van der Waals surface area contributed by atoms with Crippen molar-refractivity contribution in [1.82, 2.24) is 9.80 Å². The van der Waals surface area contributed by atoms with E-state index in [0.29, 0.717) is 35.5 Å². The van der Waals surface area contributed by atoms with Crippen molar-refractivity contribution in [2.45, 2.75) is 20.3 Å². The lowest BCUT2D eigenvalue weighted by atomic mass is 10.0. The van der Waals surface area contributed by atoms with Crippen LogP contribution in [0.25, 0.3) is 5.57 Å². The molecule has 33 heavy (non-hydrogen) atoms. The van der Waals surface area contributed by atoms with E-state index in [9.17, 15) is 9.59 Å². The van der Waals surface area contributed by atoms with Crippen molar-refractivity contribution in [3.8, 4) is 5.75 Å². The minimum Gasteiger partial charge on any atom is -0.496 e. The van der Waals surface area contributed by atoms with Crippen molar-refractivity contribution in [2.75, 3.05) is 51.8 Å². The quantitative estimate of drug-likeness (QED) is 0.624. The summed E-state index contributed by atoms with van der Waals surface area (Å²) in [6, 6.07) is 13.3. The maximum atomic E-state index is 13.5. The zero-order valence-electron chi connectivity index (χ0n) is 19.5. The predicted molar refractivity (Wildman–Crippen MR) is 128 cm³/mol. The summed E-state index contributed by atoms with van der Waals surface area (Å²) in [6.07, 6.45) is 0.716. The molecule has 2 aliphatic rings. The van der Waals surface area contributed by atoms with Crippen molar-refractivity contribution < 1.29 is 19.1 Å². The highest BCUT2D eigenvalue weighted by Gasteiger charge is 2.40. The number of nitrogens with one attached hydrogen (secondary N) is 1. The molecule has 0 aromatic heterocycles. The number of carbonyl (C=O) groups excluding carboxylic acids is 2. The average molecular weight is 450 g/mol. The number of methoxy groups -OCH3 is 1. The lowest BCUT2D eigenvalue weighted by Gasteiger charge is -2.27. The van der Waals surface area contributed by atoms with E-state index >= 15 is 0 Å². The highest BCUT2D eigenvalue weighted by Crippen LogP contribution is 2.35. The Morgan fingerprint density at radius 2 is 1.67 bits per heavy atom. The van der Waals surface area contributed by atoms with Crippen LogP contribution in [0.15, 0.2) is 48.2 Å². The molecule has 0 aliphatic carbocycles. The molecule has 1 fully saturated rings. The molecule has 1 N–H and O–H groups in total. The Balaban J connectivity index is 1.62. The smallest absolute Gasteiger partial charge is 0.278 e. The molecule has 2 aliphatic heterocycles. The van der Waals surface area contributed by atoms with Gasteiger partial charge in [0.2, 0.25) is 0 Å². The zero-order chi connectivity index (χ0) is 23.4. The summed E-state index contributed by atoms with van der Waals surface area (Å²) >= 11 is 0. The summed E-state index contributed by atoms with van der Waals surface area (Å²) in [4.78, 5) is 30.6. The fourth-order valence-corrected chi connectivity index (χ4v) is 4.46. The molecular formula is C26H31N3O4. The highest BCUT2D eigenvalue weighted by atomic mass is 16.5. The van der Waals surface area contributed by atoms with E-state index in [1.807, 2.05) is 44.2 Å². The number of morpholine rings is 1. The van der Waals surface area contributed by atoms with Gasteiger partial charge in [0.25, 0.3) is 11.8 Å². The van der Waals surface area contributed by atoms with Crippen LogP contribution in [-0.4, -0.2) is 68.1 Å². The first-order valence-electron chi connectivity index (χ1n) is 11.4. The molecule has 2 aromatic carbocycles. The maximum absolute atomic E-state index is 13.5. The fourth-order valence-electron chi connectivity index (χ4n) is 4.46. The summed E-state index contributed by atoms with van der Waals surface area (Å²) < 4.78 is 10.9. The average Bonchev–Trinajstić information content (AvgIpc) is 3.03. The van der Waals surface area contributed by atoms with Crippen LogP contribution in [0.2, 0.25) is 0 Å². The lowest BCUT2D eigenvalue weighted by molar-refractivity contribution is -0.136. The minimum absolute atomic E-state index is 0.292. The van der Waals surface area contributed by atoms with Gasteiger partial charge in [-0.1, -0.05) is 24.3 Å². The van der Waals surface area contributed by atoms with Gasteiger partial charge in [0.1, 0.15) is 11.4 Å². The number of nitrogens with zero attached hydrogens (tertiary/aromatic N) is 2. The zero-order valence-corrected chi connectivity index (χ0v) is 19.5. The van der Waals surface area contributed by atoms with Crippen molar-refractivity contribution in [2.24, 2.45) is 0 Å². The number of ether oxygens (including phenoxy) is 2. The molecule has 0 radical (unpaired) electrons. The van der Waals surface area contributed by atoms with Crippen LogP contribution in [-0.2, 0) is 14.3 Å². The number of para-hydroxylation sites is 1. The fraction of sp³-hybridized carbons (Fsp3) is 0.385. The third-order valence-electron chi connectivity index (χ3n) is 6.00. The monoisotopic (exact) mass is 449 g/mol. The van der Waals surface area contributed by atoms with E-state index in [2.05, 4.69) is 16.3 Å². The van der Waals surface area contributed by atoms with Crippen molar-refractivity contribution in [3.05, 3.63) is 64.9 Å². The highest BCUT2D eigenvalue weighted by molar-refractivity contribution is 6.37. The molecule has 0 spiro atoms. The molecule has 7 heteroatoms. The van der Waals surface area contributed by atoms with Crippen LogP contribution in [0.4, 0.5) is 5.69 Å². The first-order valence-corrected chi connectivity index (χ1v) is 11.4. The summed E-state index contributed by atoms with van der Waals surface area (Å²) in [6.45, 7) is 8.42. The van der Waals surface area contributed by atoms with Crippen LogP contribution in [0.5, 0.6) is 5.75 Å². The van der Waals surface area contributed by atoms with Gasteiger partial charge in [0.05, 0.1) is 25.9 Å². The number of hydrogen-bond acceptors (Lipinski definition) is 6. The van der Waals surface area contributed by atoms with E-state index < -0.39 is 0 Å². The molecular weight excluding hydrogens is 418 g/mol. The van der Waals surface area contributed by atoms with Crippen LogP contribution in [0.3, 0.4) is 0 Å². The number of amides is 2. The Morgan fingerprint density at radius 3 is 2.36 bits per heavy atom. The normalized spacial score (nSPS) is 17.1. The van der Waals surface area contributed by atoms with Crippen LogP contribution in [0, 0.1) is 13.8 Å².